The van der Waals surface area contributed by atoms with Crippen LogP contribution >= 0.6 is 11.3 Å². The molecule has 140 valence electrons. The molecule has 0 atom stereocenters. The van der Waals surface area contributed by atoms with E-state index in [1.807, 2.05) is 4.90 Å². The molecule has 6 heteroatoms. The SMILES string of the molecule is Cc1ccc(-c2csc3ncnc(OCC(=O)N4CCC(C)CC4)c23)cc1. The van der Waals surface area contributed by atoms with Crippen molar-refractivity contribution >= 4 is 27.5 Å². The molecule has 1 aromatic carbocycles. The van der Waals surface area contributed by atoms with Gasteiger partial charge in [-0.3, -0.25) is 4.79 Å². The average molecular weight is 382 g/mol. The molecule has 0 radical (unpaired) electrons. The summed E-state index contributed by atoms with van der Waals surface area (Å²) in [5, 5.41) is 2.96. The lowest BCUT2D eigenvalue weighted by Gasteiger charge is -2.30. The fourth-order valence-electron chi connectivity index (χ4n) is 3.38. The van der Waals surface area contributed by atoms with Crippen LogP contribution in [0.3, 0.4) is 0 Å². The summed E-state index contributed by atoms with van der Waals surface area (Å²) in [7, 11) is 0. The number of amides is 1. The summed E-state index contributed by atoms with van der Waals surface area (Å²) in [4.78, 5) is 23.9. The quantitative estimate of drug-likeness (QED) is 0.676. The van der Waals surface area contributed by atoms with Crippen molar-refractivity contribution in [2.45, 2.75) is 26.7 Å². The number of nitrogens with zero attached hydrogens (tertiary/aromatic N) is 3. The highest BCUT2D eigenvalue weighted by Crippen LogP contribution is 2.37. The zero-order valence-corrected chi connectivity index (χ0v) is 16.5. The lowest BCUT2D eigenvalue weighted by atomic mass is 9.99. The average Bonchev–Trinajstić information content (AvgIpc) is 3.12. The Morgan fingerprint density at radius 2 is 1.96 bits per heavy atom. The number of rotatable bonds is 4. The molecule has 1 aliphatic rings. The third-order valence-corrected chi connectivity index (χ3v) is 6.05. The standard InChI is InChI=1S/C21H23N3O2S/c1-14-3-5-16(6-4-14)17-12-27-21-19(17)20(22-13-23-21)26-11-18(25)24-9-7-15(2)8-10-24/h3-6,12-13,15H,7-11H2,1-2H3. The van der Waals surface area contributed by atoms with E-state index in [0.717, 1.165) is 47.3 Å². The van der Waals surface area contributed by atoms with Crippen LogP contribution in [0, 0.1) is 12.8 Å². The molecule has 5 nitrogen and oxygen atoms in total. The molecule has 1 saturated heterocycles. The van der Waals surface area contributed by atoms with Gasteiger partial charge in [0, 0.05) is 24.0 Å². The molecule has 4 rings (SSSR count). The number of likely N-dealkylation sites (tertiary alicyclic amines) is 1. The minimum absolute atomic E-state index is 0.0175. The molecule has 3 heterocycles. The summed E-state index contributed by atoms with van der Waals surface area (Å²) < 4.78 is 5.87. The molecule has 3 aromatic rings. The van der Waals surface area contributed by atoms with Crippen molar-refractivity contribution in [3.05, 3.63) is 41.5 Å². The predicted octanol–water partition coefficient (Wildman–Crippen LogP) is 4.30. The summed E-state index contributed by atoms with van der Waals surface area (Å²) in [6.45, 7) is 5.95. The zero-order chi connectivity index (χ0) is 18.8. The lowest BCUT2D eigenvalue weighted by molar-refractivity contribution is -0.134. The molecule has 0 spiro atoms. The van der Waals surface area contributed by atoms with E-state index in [1.54, 1.807) is 11.3 Å². The zero-order valence-electron chi connectivity index (χ0n) is 15.6. The number of ether oxygens (including phenoxy) is 1. The van der Waals surface area contributed by atoms with Crippen molar-refractivity contribution in [1.82, 2.24) is 14.9 Å². The minimum atomic E-state index is 0.0175. The second-order valence-corrected chi connectivity index (χ2v) is 8.08. The Hall–Kier alpha value is -2.47. The van der Waals surface area contributed by atoms with E-state index in [0.29, 0.717) is 11.8 Å². The third kappa shape index (κ3) is 3.81. The van der Waals surface area contributed by atoms with Crippen molar-refractivity contribution in [1.29, 1.82) is 0 Å². The van der Waals surface area contributed by atoms with Crippen molar-refractivity contribution in [3.63, 3.8) is 0 Å². The van der Waals surface area contributed by atoms with Gasteiger partial charge in [0.05, 0.1) is 5.39 Å². The first-order valence-electron chi connectivity index (χ1n) is 9.31. The Morgan fingerprint density at radius 1 is 1.22 bits per heavy atom. The third-order valence-electron chi connectivity index (χ3n) is 5.17. The van der Waals surface area contributed by atoms with Crippen molar-refractivity contribution < 1.29 is 9.53 Å². The minimum Gasteiger partial charge on any atom is -0.467 e. The number of fused-ring (bicyclic) bond motifs is 1. The number of benzene rings is 1. The van der Waals surface area contributed by atoms with E-state index in [4.69, 9.17) is 4.74 Å². The summed E-state index contributed by atoms with van der Waals surface area (Å²) in [6.07, 6.45) is 3.62. The van der Waals surface area contributed by atoms with Crippen LogP contribution in [0.15, 0.2) is 36.0 Å². The molecule has 0 N–H and O–H groups in total. The van der Waals surface area contributed by atoms with Gasteiger partial charge in [0.2, 0.25) is 5.88 Å². The summed E-state index contributed by atoms with van der Waals surface area (Å²) in [6, 6.07) is 8.36. The highest BCUT2D eigenvalue weighted by atomic mass is 32.1. The van der Waals surface area contributed by atoms with Crippen LogP contribution in [-0.2, 0) is 4.79 Å². The Kier molecular flexibility index (Phi) is 5.07. The number of carbonyl (C=O) groups excluding carboxylic acids is 1. The molecule has 2 aromatic heterocycles. The van der Waals surface area contributed by atoms with E-state index in [-0.39, 0.29) is 12.5 Å². The van der Waals surface area contributed by atoms with Crippen LogP contribution in [0.1, 0.15) is 25.3 Å². The van der Waals surface area contributed by atoms with Gasteiger partial charge < -0.3 is 9.64 Å². The number of thiophene rings is 1. The summed E-state index contributed by atoms with van der Waals surface area (Å²) in [5.41, 5.74) is 3.36. The maximum absolute atomic E-state index is 12.5. The van der Waals surface area contributed by atoms with Crippen molar-refractivity contribution in [3.8, 4) is 17.0 Å². The van der Waals surface area contributed by atoms with E-state index >= 15 is 0 Å². The van der Waals surface area contributed by atoms with Gasteiger partial charge in [0.25, 0.3) is 5.91 Å². The maximum atomic E-state index is 12.5. The lowest BCUT2D eigenvalue weighted by Crippen LogP contribution is -2.40. The second kappa shape index (κ2) is 7.64. The van der Waals surface area contributed by atoms with Gasteiger partial charge >= 0.3 is 0 Å². The van der Waals surface area contributed by atoms with E-state index in [2.05, 4.69) is 53.5 Å². The molecule has 0 aliphatic carbocycles. The number of aromatic nitrogens is 2. The van der Waals surface area contributed by atoms with Crippen molar-refractivity contribution in [2.75, 3.05) is 19.7 Å². The maximum Gasteiger partial charge on any atom is 0.260 e. The smallest absolute Gasteiger partial charge is 0.260 e. The van der Waals surface area contributed by atoms with E-state index in [9.17, 15) is 4.79 Å². The normalized spacial score (nSPS) is 15.3. The summed E-state index contributed by atoms with van der Waals surface area (Å²) in [5.74, 6) is 1.20. The molecular weight excluding hydrogens is 358 g/mol. The molecule has 27 heavy (non-hydrogen) atoms. The number of hydrogen-bond acceptors (Lipinski definition) is 5. The van der Waals surface area contributed by atoms with Crippen LogP contribution in [0.4, 0.5) is 0 Å². The van der Waals surface area contributed by atoms with Crippen LogP contribution in [-0.4, -0.2) is 40.5 Å². The summed E-state index contributed by atoms with van der Waals surface area (Å²) >= 11 is 1.56. The first-order valence-corrected chi connectivity index (χ1v) is 10.2. The first kappa shape index (κ1) is 17.9. The van der Waals surface area contributed by atoms with Gasteiger partial charge in [-0.25, -0.2) is 9.97 Å². The van der Waals surface area contributed by atoms with Crippen LogP contribution in [0.2, 0.25) is 0 Å². The van der Waals surface area contributed by atoms with E-state index in [1.165, 1.54) is 11.9 Å². The van der Waals surface area contributed by atoms with E-state index < -0.39 is 0 Å². The Labute approximate surface area is 163 Å². The molecule has 0 bridgehead atoms. The molecule has 1 amide bonds. The fraction of sp³-hybridized carbons (Fsp3) is 0.381. The number of hydrogen-bond donors (Lipinski definition) is 0. The van der Waals surface area contributed by atoms with Gasteiger partial charge in [-0.15, -0.1) is 11.3 Å². The highest BCUT2D eigenvalue weighted by Gasteiger charge is 2.21. The van der Waals surface area contributed by atoms with Gasteiger partial charge in [0.15, 0.2) is 6.61 Å². The molecule has 0 saturated carbocycles. The number of piperidine rings is 1. The molecule has 0 unspecified atom stereocenters. The highest BCUT2D eigenvalue weighted by molar-refractivity contribution is 7.17. The first-order chi connectivity index (χ1) is 13.1. The number of carbonyl (C=O) groups is 1. The molecule has 1 aliphatic heterocycles. The largest absolute Gasteiger partial charge is 0.467 e. The monoisotopic (exact) mass is 381 g/mol. The van der Waals surface area contributed by atoms with Crippen LogP contribution in [0.5, 0.6) is 5.88 Å². The number of aryl methyl sites for hydroxylation is 1. The van der Waals surface area contributed by atoms with Crippen molar-refractivity contribution in [2.24, 2.45) is 5.92 Å². The van der Waals surface area contributed by atoms with Crippen LogP contribution in [0.25, 0.3) is 21.3 Å². The second-order valence-electron chi connectivity index (χ2n) is 7.23. The topological polar surface area (TPSA) is 55.3 Å². The van der Waals surface area contributed by atoms with Gasteiger partial charge in [-0.2, -0.15) is 0 Å². The predicted molar refractivity (Wildman–Crippen MR) is 108 cm³/mol. The van der Waals surface area contributed by atoms with Gasteiger partial charge in [-0.05, 0) is 31.2 Å². The Bertz CT molecular complexity index is 944. The fourth-order valence-corrected chi connectivity index (χ4v) is 4.29. The molecular formula is C21H23N3O2S. The molecule has 1 fully saturated rings. The van der Waals surface area contributed by atoms with Gasteiger partial charge in [-0.1, -0.05) is 36.8 Å². The Morgan fingerprint density at radius 3 is 2.70 bits per heavy atom. The van der Waals surface area contributed by atoms with Crippen LogP contribution < -0.4 is 4.74 Å². The van der Waals surface area contributed by atoms with Gasteiger partial charge in [0.1, 0.15) is 11.2 Å². The Balaban J connectivity index is 1.56.